The van der Waals surface area contributed by atoms with E-state index in [1.54, 1.807) is 0 Å². The molecule has 6 heteroatoms. The Morgan fingerprint density at radius 2 is 0.776 bits per heavy atom. The number of rotatable bonds is 8. The summed E-state index contributed by atoms with van der Waals surface area (Å²) >= 11 is 0. The van der Waals surface area contributed by atoms with Crippen molar-refractivity contribution in [2.75, 3.05) is 0 Å². The lowest BCUT2D eigenvalue weighted by Gasteiger charge is -2.39. The van der Waals surface area contributed by atoms with Crippen molar-refractivity contribution in [2.24, 2.45) is 0 Å². The van der Waals surface area contributed by atoms with Gasteiger partial charge in [0, 0.05) is 38.6 Å². The molecule has 0 saturated carbocycles. The van der Waals surface area contributed by atoms with Crippen LogP contribution in [0.5, 0.6) is 11.5 Å². The number of para-hydroxylation sites is 2. The number of ether oxygens (including phenoxy) is 1. The van der Waals surface area contributed by atoms with Crippen LogP contribution < -0.4 is 25.5 Å². The van der Waals surface area contributed by atoms with Gasteiger partial charge in [0.2, 0.25) is 0 Å². The van der Waals surface area contributed by atoms with Gasteiger partial charge in [-0.2, -0.15) is 0 Å². The lowest BCUT2D eigenvalue weighted by Crippen LogP contribution is -2.74. The number of aromatic nitrogens is 3. The summed E-state index contributed by atoms with van der Waals surface area (Å²) in [6, 6.07) is 97.7. The molecule has 0 bridgehead atoms. The van der Waals surface area contributed by atoms with Gasteiger partial charge in [-0.05, 0) is 96.6 Å². The smallest absolute Gasteiger partial charge is 0.179 e. The molecule has 5 nitrogen and oxygen atoms in total. The van der Waals surface area contributed by atoms with Gasteiger partial charge >= 0.3 is 0 Å². The van der Waals surface area contributed by atoms with Gasteiger partial charge in [0.25, 0.3) is 0 Å². The van der Waals surface area contributed by atoms with Gasteiger partial charge in [0.15, 0.2) is 25.5 Å². The quantitative estimate of drug-likeness (QED) is 0.112. The van der Waals surface area contributed by atoms with Gasteiger partial charge in [-0.25, -0.2) is 15.0 Å². The van der Waals surface area contributed by atoms with E-state index in [1.807, 2.05) is 12.1 Å². The highest BCUT2D eigenvalue weighted by Gasteiger charge is 2.51. The summed E-state index contributed by atoms with van der Waals surface area (Å²) in [5, 5.41) is 7.23. The van der Waals surface area contributed by atoms with Gasteiger partial charge in [0.05, 0.1) is 5.41 Å². The second kappa shape index (κ2) is 17.4. The van der Waals surface area contributed by atoms with Crippen molar-refractivity contribution >= 4 is 50.8 Å². The van der Waals surface area contributed by atoms with Gasteiger partial charge < -0.3 is 9.15 Å². The van der Waals surface area contributed by atoms with E-state index in [0.717, 1.165) is 72.4 Å². The topological polar surface area (TPSA) is 61.0 Å². The van der Waals surface area contributed by atoms with Crippen molar-refractivity contribution in [1.82, 2.24) is 15.0 Å². The molecule has 15 rings (SSSR count). The molecule has 1 spiro atoms. The lowest BCUT2D eigenvalue weighted by atomic mass is 9.66. The summed E-state index contributed by atoms with van der Waals surface area (Å²) in [4.78, 5) is 16.6. The van der Waals surface area contributed by atoms with Crippen molar-refractivity contribution in [1.29, 1.82) is 0 Å². The molecule has 356 valence electrons. The van der Waals surface area contributed by atoms with Crippen LogP contribution in [0.1, 0.15) is 22.3 Å². The second-order valence-corrected chi connectivity index (χ2v) is 23.5. The van der Waals surface area contributed by atoms with Crippen LogP contribution in [0.15, 0.2) is 277 Å². The first-order valence-electron chi connectivity index (χ1n) is 25.8. The molecule has 0 unspecified atom stereocenters. The van der Waals surface area contributed by atoms with E-state index >= 15 is 0 Å². The summed E-state index contributed by atoms with van der Waals surface area (Å²) in [6.45, 7) is 0. The van der Waals surface area contributed by atoms with E-state index in [1.165, 1.54) is 43.0 Å². The first-order valence-corrected chi connectivity index (χ1v) is 27.8. The van der Waals surface area contributed by atoms with E-state index < -0.39 is 13.5 Å². The second-order valence-electron chi connectivity index (χ2n) is 19.7. The Hall–Kier alpha value is -9.75. The number of furan rings is 1. The maximum absolute atomic E-state index is 6.89. The number of benzene rings is 11. The minimum Gasteiger partial charge on any atom is -0.457 e. The Kier molecular flexibility index (Phi) is 10.1. The van der Waals surface area contributed by atoms with Crippen molar-refractivity contribution in [3.05, 3.63) is 295 Å². The zero-order valence-corrected chi connectivity index (χ0v) is 42.1. The molecule has 0 fully saturated rings. The van der Waals surface area contributed by atoms with Crippen molar-refractivity contribution in [2.45, 2.75) is 5.41 Å². The zero-order chi connectivity index (χ0) is 50.2. The summed E-state index contributed by atoms with van der Waals surface area (Å²) in [5.74, 6) is 3.36. The van der Waals surface area contributed by atoms with Crippen LogP contribution in [0.2, 0.25) is 0 Å². The SMILES string of the molecule is c1ccc([Si](c2ccccc2)(c2ccccc2)c2cccc(-c3nc(-c4ccc5c(c4)C4(c6ccccc6O5)c5ccccc5-c5ccccc54)nc(-c4ccccc4-c4ccc5oc6ccccc6c5c4)n3)c2)cc1. The minimum atomic E-state index is -2.92. The fourth-order valence-electron chi connectivity index (χ4n) is 12.5. The average Bonchev–Trinajstić information content (AvgIpc) is 4.22. The molecule has 2 aromatic heterocycles. The third kappa shape index (κ3) is 6.61. The van der Waals surface area contributed by atoms with Gasteiger partial charge in [-0.1, -0.05) is 231 Å². The third-order valence-electron chi connectivity index (χ3n) is 15.8. The molecule has 0 saturated heterocycles. The fraction of sp³-hybridized carbons (Fsp3) is 0.0143. The summed E-state index contributed by atoms with van der Waals surface area (Å²) < 4.78 is 13.2. The number of hydrogen-bond acceptors (Lipinski definition) is 5. The molecule has 0 N–H and O–H groups in total. The Labute approximate surface area is 441 Å². The van der Waals surface area contributed by atoms with E-state index in [4.69, 9.17) is 24.1 Å². The molecule has 0 radical (unpaired) electrons. The molecular weight excluding hydrogens is 943 g/mol. The molecule has 76 heavy (non-hydrogen) atoms. The maximum atomic E-state index is 6.89. The minimum absolute atomic E-state index is 0.561. The highest BCUT2D eigenvalue weighted by atomic mass is 28.3. The normalized spacial score (nSPS) is 12.9. The summed E-state index contributed by atoms with van der Waals surface area (Å²) in [6.07, 6.45) is 0. The van der Waals surface area contributed by atoms with Gasteiger partial charge in [-0.15, -0.1) is 0 Å². The molecule has 11 aromatic carbocycles. The molecule has 3 heterocycles. The van der Waals surface area contributed by atoms with Gasteiger partial charge in [0.1, 0.15) is 22.7 Å². The standard InChI is InChI=1S/C70H45N3O2Si/c1-4-22-49(23-5-1)76(50-24-6-2-7-25-50,51-26-8-3-9-27-51)52-28-20-21-47(43-52)67-71-68(73-69(72-67)57-33-11-10-29-53(57)46-39-41-64-58(44-46)56-32-14-18-37-63(56)74-64)48-40-42-66-62(45-48)70(61-36-17-19-38-65(61)75-66)59-34-15-12-30-54(59)55-31-13-16-35-60(55)70/h1-45H. The molecule has 2 aliphatic rings. The predicted octanol–water partition coefficient (Wildman–Crippen LogP) is 14.3. The van der Waals surface area contributed by atoms with E-state index in [-0.39, 0.29) is 0 Å². The number of nitrogens with zero attached hydrogens (tertiary/aromatic N) is 3. The third-order valence-corrected chi connectivity index (χ3v) is 20.5. The van der Waals surface area contributed by atoms with Crippen molar-refractivity contribution in [3.63, 3.8) is 0 Å². The van der Waals surface area contributed by atoms with Crippen LogP contribution in [-0.4, -0.2) is 23.0 Å². The van der Waals surface area contributed by atoms with E-state index in [2.05, 4.69) is 261 Å². The van der Waals surface area contributed by atoms with E-state index in [0.29, 0.717) is 17.5 Å². The Balaban J connectivity index is 0.976. The molecule has 0 amide bonds. The lowest BCUT2D eigenvalue weighted by molar-refractivity contribution is 0.436. The molecular formula is C70H45N3O2Si. The average molecular weight is 988 g/mol. The van der Waals surface area contributed by atoms with Crippen LogP contribution in [0.4, 0.5) is 0 Å². The fourth-order valence-corrected chi connectivity index (χ4v) is 17.3. The predicted molar refractivity (Wildman–Crippen MR) is 310 cm³/mol. The Morgan fingerprint density at radius 3 is 1.45 bits per heavy atom. The largest absolute Gasteiger partial charge is 0.457 e. The molecule has 13 aromatic rings. The van der Waals surface area contributed by atoms with Crippen LogP contribution >= 0.6 is 0 Å². The summed E-state index contributed by atoms with van der Waals surface area (Å²) in [5.41, 5.74) is 12.7. The first-order chi connectivity index (χ1) is 37.7. The number of hydrogen-bond donors (Lipinski definition) is 0. The highest BCUT2D eigenvalue weighted by Crippen LogP contribution is 2.62. The van der Waals surface area contributed by atoms with Crippen LogP contribution in [0.25, 0.3) is 78.4 Å². The first kappa shape index (κ1) is 43.8. The van der Waals surface area contributed by atoms with Crippen molar-refractivity contribution < 1.29 is 9.15 Å². The monoisotopic (exact) mass is 987 g/mol. The van der Waals surface area contributed by atoms with Crippen LogP contribution in [0.3, 0.4) is 0 Å². The Morgan fingerprint density at radius 1 is 0.289 bits per heavy atom. The van der Waals surface area contributed by atoms with Crippen LogP contribution in [0, 0.1) is 0 Å². The number of fused-ring (bicyclic) bond motifs is 12. The molecule has 0 atom stereocenters. The highest BCUT2D eigenvalue weighted by molar-refractivity contribution is 7.19. The van der Waals surface area contributed by atoms with Gasteiger partial charge in [-0.3, -0.25) is 0 Å². The summed E-state index contributed by atoms with van der Waals surface area (Å²) in [7, 11) is -2.92. The van der Waals surface area contributed by atoms with Crippen LogP contribution in [-0.2, 0) is 5.41 Å². The molecule has 1 aliphatic heterocycles. The zero-order valence-electron chi connectivity index (χ0n) is 41.1. The maximum Gasteiger partial charge on any atom is 0.179 e. The molecule has 1 aliphatic carbocycles. The van der Waals surface area contributed by atoms with Crippen molar-refractivity contribution in [3.8, 4) is 67.9 Å². The van der Waals surface area contributed by atoms with E-state index in [9.17, 15) is 0 Å². The Bertz CT molecular complexity index is 4260.